The van der Waals surface area contributed by atoms with Crippen molar-refractivity contribution in [3.05, 3.63) is 35.4 Å². The summed E-state index contributed by atoms with van der Waals surface area (Å²) in [6.07, 6.45) is 1.28. The topological polar surface area (TPSA) is 64.3 Å². The summed E-state index contributed by atoms with van der Waals surface area (Å²) in [4.78, 5) is 11.8. The lowest BCUT2D eigenvalue weighted by molar-refractivity contribution is 0.0506. The van der Waals surface area contributed by atoms with E-state index in [1.807, 2.05) is 32.9 Å². The van der Waals surface area contributed by atoms with Gasteiger partial charge in [-0.15, -0.1) is 0 Å². The Labute approximate surface area is 121 Å². The molecule has 0 radical (unpaired) electrons. The van der Waals surface area contributed by atoms with Gasteiger partial charge in [-0.3, -0.25) is 0 Å². The molecule has 4 nitrogen and oxygen atoms in total. The van der Waals surface area contributed by atoms with Crippen LogP contribution in [-0.4, -0.2) is 24.3 Å². The quantitative estimate of drug-likeness (QED) is 0.870. The molecule has 0 bridgehead atoms. The molecule has 0 saturated carbocycles. The molecule has 0 saturated heterocycles. The lowest BCUT2D eigenvalue weighted by Gasteiger charge is -2.23. The molecule has 4 heteroatoms. The molecule has 20 heavy (non-hydrogen) atoms. The first-order valence-electron chi connectivity index (χ1n) is 7.12. The summed E-state index contributed by atoms with van der Waals surface area (Å²) < 4.78 is 5.26. The number of amides is 1. The van der Waals surface area contributed by atoms with Gasteiger partial charge in [-0.1, -0.05) is 31.2 Å². The number of aryl methyl sites for hydroxylation is 1. The van der Waals surface area contributed by atoms with E-state index in [0.717, 1.165) is 12.8 Å². The van der Waals surface area contributed by atoms with Crippen LogP contribution in [0.4, 0.5) is 4.79 Å². The van der Waals surface area contributed by atoms with Gasteiger partial charge in [-0.05, 0) is 44.7 Å². The summed E-state index contributed by atoms with van der Waals surface area (Å²) in [6.45, 7) is 8.04. The molecule has 0 aromatic heterocycles. The van der Waals surface area contributed by atoms with Gasteiger partial charge in [0.1, 0.15) is 5.60 Å². The Kier molecular flexibility index (Phi) is 6.02. The molecule has 1 rings (SSSR count). The minimum atomic E-state index is -0.495. The first-order valence-corrected chi connectivity index (χ1v) is 7.12. The van der Waals surface area contributed by atoms with E-state index in [-0.39, 0.29) is 6.04 Å². The van der Waals surface area contributed by atoms with Crippen molar-refractivity contribution in [3.63, 3.8) is 0 Å². The van der Waals surface area contributed by atoms with Crippen LogP contribution in [0.15, 0.2) is 24.3 Å². The molecule has 1 unspecified atom stereocenters. The fourth-order valence-electron chi connectivity index (χ4n) is 2.03. The molecule has 0 fully saturated rings. The third-order valence-corrected chi connectivity index (χ3v) is 2.97. The van der Waals surface area contributed by atoms with Crippen molar-refractivity contribution in [2.24, 2.45) is 5.73 Å². The van der Waals surface area contributed by atoms with Gasteiger partial charge in [0.15, 0.2) is 0 Å². The van der Waals surface area contributed by atoms with Crippen molar-refractivity contribution in [3.8, 4) is 0 Å². The Morgan fingerprint density at radius 1 is 1.30 bits per heavy atom. The average molecular weight is 278 g/mol. The average Bonchev–Trinajstić information content (AvgIpc) is 2.36. The normalized spacial score (nSPS) is 12.8. The molecular formula is C16H26N2O2. The smallest absolute Gasteiger partial charge is 0.407 e. The molecule has 0 aliphatic rings. The van der Waals surface area contributed by atoms with Gasteiger partial charge in [0.05, 0.1) is 0 Å². The third-order valence-electron chi connectivity index (χ3n) is 2.97. The zero-order valence-electron chi connectivity index (χ0n) is 12.9. The summed E-state index contributed by atoms with van der Waals surface area (Å²) in [5, 5.41) is 2.84. The Morgan fingerprint density at radius 2 is 1.90 bits per heavy atom. The molecule has 0 spiro atoms. The van der Waals surface area contributed by atoms with E-state index >= 15 is 0 Å². The number of ether oxygens (including phenoxy) is 1. The number of alkyl carbamates (subject to hydrolysis) is 1. The number of hydrogen-bond donors (Lipinski definition) is 2. The van der Waals surface area contributed by atoms with Crippen LogP contribution < -0.4 is 11.1 Å². The molecular weight excluding hydrogens is 252 g/mol. The number of benzene rings is 1. The maximum absolute atomic E-state index is 11.8. The monoisotopic (exact) mass is 278 g/mol. The highest BCUT2D eigenvalue weighted by Gasteiger charge is 2.19. The van der Waals surface area contributed by atoms with E-state index in [1.54, 1.807) is 0 Å². The van der Waals surface area contributed by atoms with Crippen LogP contribution >= 0.6 is 0 Å². The van der Waals surface area contributed by atoms with E-state index in [2.05, 4.69) is 24.4 Å². The number of carbonyl (C=O) groups excluding carboxylic acids is 1. The van der Waals surface area contributed by atoms with Crippen molar-refractivity contribution in [1.29, 1.82) is 0 Å². The summed E-state index contributed by atoms with van der Waals surface area (Å²) >= 11 is 0. The minimum absolute atomic E-state index is 0.113. The van der Waals surface area contributed by atoms with Gasteiger partial charge >= 0.3 is 6.09 Å². The molecule has 1 amide bonds. The van der Waals surface area contributed by atoms with E-state index in [1.165, 1.54) is 11.1 Å². The summed E-state index contributed by atoms with van der Waals surface area (Å²) in [6, 6.07) is 8.11. The van der Waals surface area contributed by atoms with Gasteiger partial charge in [0.2, 0.25) is 0 Å². The van der Waals surface area contributed by atoms with Crippen LogP contribution in [0, 0.1) is 0 Å². The Morgan fingerprint density at radius 3 is 2.40 bits per heavy atom. The lowest BCUT2D eigenvalue weighted by Crippen LogP contribution is -2.44. The lowest BCUT2D eigenvalue weighted by atomic mass is 9.99. The molecule has 1 aromatic rings. The SMILES string of the molecule is CCc1ccccc1CC(CN)NC(=O)OC(C)(C)C. The highest BCUT2D eigenvalue weighted by molar-refractivity contribution is 5.68. The van der Waals surface area contributed by atoms with E-state index < -0.39 is 11.7 Å². The summed E-state index contributed by atoms with van der Waals surface area (Å²) in [7, 11) is 0. The van der Waals surface area contributed by atoms with Crippen molar-refractivity contribution < 1.29 is 9.53 Å². The van der Waals surface area contributed by atoms with Crippen molar-refractivity contribution in [1.82, 2.24) is 5.32 Å². The molecule has 0 aliphatic carbocycles. The predicted octanol–water partition coefficient (Wildman–Crippen LogP) is 2.64. The Balaban J connectivity index is 2.65. The Hall–Kier alpha value is -1.55. The van der Waals surface area contributed by atoms with Crippen LogP contribution in [0.25, 0.3) is 0 Å². The van der Waals surface area contributed by atoms with E-state index in [9.17, 15) is 4.79 Å². The fraction of sp³-hybridized carbons (Fsp3) is 0.562. The van der Waals surface area contributed by atoms with Gasteiger partial charge in [0, 0.05) is 12.6 Å². The van der Waals surface area contributed by atoms with E-state index in [4.69, 9.17) is 10.5 Å². The van der Waals surface area contributed by atoms with Crippen LogP contribution in [0.2, 0.25) is 0 Å². The minimum Gasteiger partial charge on any atom is -0.444 e. The molecule has 112 valence electrons. The highest BCUT2D eigenvalue weighted by Crippen LogP contribution is 2.12. The summed E-state index contributed by atoms with van der Waals surface area (Å²) in [5.74, 6) is 0. The molecule has 3 N–H and O–H groups in total. The number of hydrogen-bond acceptors (Lipinski definition) is 3. The van der Waals surface area contributed by atoms with Gasteiger partial charge in [-0.2, -0.15) is 0 Å². The third kappa shape index (κ3) is 5.61. The second kappa shape index (κ2) is 7.29. The maximum atomic E-state index is 11.8. The summed E-state index contributed by atoms with van der Waals surface area (Å²) in [5.41, 5.74) is 7.77. The first kappa shape index (κ1) is 16.5. The number of nitrogens with one attached hydrogen (secondary N) is 1. The molecule has 0 aliphatic heterocycles. The van der Waals surface area contributed by atoms with Crippen LogP contribution in [0.1, 0.15) is 38.8 Å². The van der Waals surface area contributed by atoms with Gasteiger partial charge in [-0.25, -0.2) is 4.79 Å². The Bertz CT molecular complexity index is 438. The van der Waals surface area contributed by atoms with Crippen LogP contribution in [-0.2, 0) is 17.6 Å². The van der Waals surface area contributed by atoms with Crippen LogP contribution in [0.3, 0.4) is 0 Å². The van der Waals surface area contributed by atoms with E-state index in [0.29, 0.717) is 6.54 Å². The van der Waals surface area contributed by atoms with Crippen molar-refractivity contribution in [2.45, 2.75) is 52.2 Å². The maximum Gasteiger partial charge on any atom is 0.407 e. The second-order valence-electron chi connectivity index (χ2n) is 5.91. The number of nitrogens with two attached hydrogens (primary N) is 1. The zero-order valence-corrected chi connectivity index (χ0v) is 12.9. The molecule has 1 atom stereocenters. The number of carbonyl (C=O) groups is 1. The molecule has 1 aromatic carbocycles. The largest absolute Gasteiger partial charge is 0.444 e. The zero-order chi connectivity index (χ0) is 15.2. The first-order chi connectivity index (χ1) is 9.35. The van der Waals surface area contributed by atoms with Crippen molar-refractivity contribution >= 4 is 6.09 Å². The van der Waals surface area contributed by atoms with Crippen molar-refractivity contribution in [2.75, 3.05) is 6.54 Å². The second-order valence-corrected chi connectivity index (χ2v) is 5.91. The predicted molar refractivity (Wildman–Crippen MR) is 81.7 cm³/mol. The number of rotatable bonds is 5. The molecule has 0 heterocycles. The van der Waals surface area contributed by atoms with Gasteiger partial charge < -0.3 is 15.8 Å². The standard InChI is InChI=1S/C16H26N2O2/c1-5-12-8-6-7-9-13(12)10-14(11-17)18-15(19)20-16(2,3)4/h6-9,14H,5,10-11,17H2,1-4H3,(H,18,19). The van der Waals surface area contributed by atoms with Gasteiger partial charge in [0.25, 0.3) is 0 Å². The highest BCUT2D eigenvalue weighted by atomic mass is 16.6. The van der Waals surface area contributed by atoms with Crippen LogP contribution in [0.5, 0.6) is 0 Å². The fourth-order valence-corrected chi connectivity index (χ4v) is 2.03.